The minimum absolute atomic E-state index is 0. The Morgan fingerprint density at radius 3 is 2.17 bits per heavy atom. The summed E-state index contributed by atoms with van der Waals surface area (Å²) in [6.07, 6.45) is 11.6. The number of hydrogen-bond acceptors (Lipinski definition) is 3. The van der Waals surface area contributed by atoms with Crippen LogP contribution in [-0.4, -0.2) is 43.0 Å². The summed E-state index contributed by atoms with van der Waals surface area (Å²) in [5.74, 6) is 0.595. The molecule has 4 nitrogen and oxygen atoms in total. The summed E-state index contributed by atoms with van der Waals surface area (Å²) >= 11 is 0. The third-order valence-electron chi connectivity index (χ3n) is 5.76. The molecule has 2 fully saturated rings. The molecule has 0 aromatic heterocycles. The van der Waals surface area contributed by atoms with E-state index in [1.165, 1.54) is 44.9 Å². The first-order valence-electron chi connectivity index (χ1n) is 8.73. The molecule has 2 rings (SSSR count). The molecule has 0 aliphatic heterocycles. The predicted octanol–water partition coefficient (Wildman–Crippen LogP) is 3.12. The van der Waals surface area contributed by atoms with Crippen LogP contribution >= 0.6 is 24.8 Å². The molecule has 2 aliphatic carbocycles. The van der Waals surface area contributed by atoms with Gasteiger partial charge in [-0.05, 0) is 45.7 Å². The minimum Gasteiger partial charge on any atom is -0.354 e. The van der Waals surface area contributed by atoms with Crippen LogP contribution in [0, 0.1) is 5.92 Å². The van der Waals surface area contributed by atoms with E-state index in [2.05, 4.69) is 24.3 Å². The molecular weight excluding hydrogens is 333 g/mol. The summed E-state index contributed by atoms with van der Waals surface area (Å²) < 4.78 is 0. The second-order valence-corrected chi connectivity index (χ2v) is 7.37. The molecule has 2 saturated carbocycles. The van der Waals surface area contributed by atoms with Crippen LogP contribution in [0.2, 0.25) is 0 Å². The van der Waals surface area contributed by atoms with Crippen molar-refractivity contribution in [3.63, 3.8) is 0 Å². The van der Waals surface area contributed by atoms with Gasteiger partial charge in [-0.2, -0.15) is 0 Å². The number of nitrogens with zero attached hydrogens (tertiary/aromatic N) is 1. The zero-order valence-electron chi connectivity index (χ0n) is 14.7. The maximum atomic E-state index is 12.3. The second-order valence-electron chi connectivity index (χ2n) is 7.37. The molecule has 2 aliphatic rings. The summed E-state index contributed by atoms with van der Waals surface area (Å²) in [5.41, 5.74) is 6.23. The molecule has 0 radical (unpaired) electrons. The number of hydrogen-bond donors (Lipinski definition) is 2. The highest BCUT2D eigenvalue weighted by molar-refractivity contribution is 5.85. The van der Waals surface area contributed by atoms with E-state index < -0.39 is 0 Å². The predicted molar refractivity (Wildman–Crippen MR) is 102 cm³/mol. The smallest absolute Gasteiger partial charge is 0.220 e. The number of likely N-dealkylation sites (N-methyl/N-ethyl adjacent to an activating group) is 1. The van der Waals surface area contributed by atoms with Crippen LogP contribution in [0.3, 0.4) is 0 Å². The fourth-order valence-corrected chi connectivity index (χ4v) is 4.06. The van der Waals surface area contributed by atoms with Crippen molar-refractivity contribution in [3.8, 4) is 0 Å². The number of carbonyl (C=O) groups is 1. The van der Waals surface area contributed by atoms with E-state index in [9.17, 15) is 4.79 Å². The van der Waals surface area contributed by atoms with Crippen LogP contribution in [0.15, 0.2) is 0 Å². The summed E-state index contributed by atoms with van der Waals surface area (Å²) in [6, 6.07) is 0.233. The molecule has 0 heterocycles. The molecule has 1 amide bonds. The molecule has 6 heteroatoms. The number of carbonyl (C=O) groups excluding carboxylic acids is 1. The quantitative estimate of drug-likeness (QED) is 0.733. The number of nitrogens with two attached hydrogens (primary N) is 1. The first-order chi connectivity index (χ1) is 10.0. The van der Waals surface area contributed by atoms with Gasteiger partial charge in [-0.3, -0.25) is 4.79 Å². The first kappa shape index (κ1) is 23.0. The Labute approximate surface area is 154 Å². The van der Waals surface area contributed by atoms with Gasteiger partial charge in [-0.25, -0.2) is 0 Å². The Morgan fingerprint density at radius 2 is 1.70 bits per heavy atom. The molecule has 0 saturated heterocycles. The zero-order valence-corrected chi connectivity index (χ0v) is 16.3. The van der Waals surface area contributed by atoms with Gasteiger partial charge in [0.2, 0.25) is 5.91 Å². The number of nitrogens with one attached hydrogen (secondary N) is 1. The Bertz CT molecular complexity index is 345. The average molecular weight is 368 g/mol. The lowest BCUT2D eigenvalue weighted by atomic mass is 9.88. The summed E-state index contributed by atoms with van der Waals surface area (Å²) in [5, 5.41) is 3.21. The van der Waals surface area contributed by atoms with Gasteiger partial charge < -0.3 is 16.0 Å². The highest BCUT2D eigenvalue weighted by atomic mass is 35.5. The lowest BCUT2D eigenvalue weighted by Gasteiger charge is -2.39. The monoisotopic (exact) mass is 367 g/mol. The van der Waals surface area contributed by atoms with Gasteiger partial charge in [0.1, 0.15) is 0 Å². The van der Waals surface area contributed by atoms with Crippen LogP contribution in [0.1, 0.15) is 64.2 Å². The van der Waals surface area contributed by atoms with Gasteiger partial charge in [0.05, 0.1) is 0 Å². The molecular formula is C17H35Cl2N3O. The van der Waals surface area contributed by atoms with Gasteiger partial charge in [0, 0.05) is 24.5 Å². The Hall–Kier alpha value is -0.0300. The number of halogens is 2. The van der Waals surface area contributed by atoms with Crippen LogP contribution in [0.5, 0.6) is 0 Å². The van der Waals surface area contributed by atoms with Crippen LogP contribution in [0.25, 0.3) is 0 Å². The molecule has 0 aromatic rings. The van der Waals surface area contributed by atoms with Crippen molar-refractivity contribution in [1.29, 1.82) is 0 Å². The topological polar surface area (TPSA) is 58.4 Å². The Balaban J connectivity index is 0.00000242. The lowest BCUT2D eigenvalue weighted by Crippen LogP contribution is -2.52. The highest BCUT2D eigenvalue weighted by Gasteiger charge is 2.34. The fraction of sp³-hybridized carbons (Fsp3) is 0.941. The van der Waals surface area contributed by atoms with Crippen molar-refractivity contribution >= 4 is 30.7 Å². The van der Waals surface area contributed by atoms with Crippen molar-refractivity contribution in [2.75, 3.05) is 20.6 Å². The van der Waals surface area contributed by atoms with E-state index in [0.717, 1.165) is 19.4 Å². The Kier molecular flexibility index (Phi) is 10.7. The maximum absolute atomic E-state index is 12.3. The zero-order chi connectivity index (χ0) is 15.3. The second kappa shape index (κ2) is 10.8. The summed E-state index contributed by atoms with van der Waals surface area (Å²) in [6.45, 7) is 0.792. The van der Waals surface area contributed by atoms with Crippen molar-refractivity contribution < 1.29 is 4.79 Å². The summed E-state index contributed by atoms with van der Waals surface area (Å²) in [4.78, 5) is 14.6. The van der Waals surface area contributed by atoms with Crippen molar-refractivity contribution in [2.45, 2.75) is 75.8 Å². The molecule has 0 unspecified atom stereocenters. The molecule has 138 valence electrons. The van der Waals surface area contributed by atoms with Gasteiger partial charge >= 0.3 is 0 Å². The molecule has 0 aromatic carbocycles. The Morgan fingerprint density at radius 1 is 1.09 bits per heavy atom. The molecule has 3 N–H and O–H groups in total. The molecule has 2 atom stereocenters. The van der Waals surface area contributed by atoms with Gasteiger partial charge in [-0.15, -0.1) is 24.8 Å². The fourth-order valence-electron chi connectivity index (χ4n) is 4.06. The van der Waals surface area contributed by atoms with Crippen molar-refractivity contribution in [3.05, 3.63) is 0 Å². The highest BCUT2D eigenvalue weighted by Crippen LogP contribution is 2.31. The van der Waals surface area contributed by atoms with Crippen LogP contribution in [-0.2, 0) is 4.79 Å². The van der Waals surface area contributed by atoms with Gasteiger partial charge in [0.25, 0.3) is 0 Å². The largest absolute Gasteiger partial charge is 0.354 e. The standard InChI is InChI=1S/C17H33N3O.2ClH/c1-20(2)17(10-5-3-4-6-11-17)13-19-16(21)12-14-8-7-9-15(14)18;;/h14-15H,3-13,18H2,1-2H3,(H,19,21);2*1H/t14-,15+;;/m0../s1. The molecule has 0 spiro atoms. The summed E-state index contributed by atoms with van der Waals surface area (Å²) in [7, 11) is 4.31. The van der Waals surface area contributed by atoms with Crippen molar-refractivity contribution in [2.24, 2.45) is 11.7 Å². The SMILES string of the molecule is CN(C)C1(CNC(=O)C[C@@H]2CCC[C@H]2N)CCCCCC1.Cl.Cl. The van der Waals surface area contributed by atoms with E-state index in [-0.39, 0.29) is 42.3 Å². The maximum Gasteiger partial charge on any atom is 0.220 e. The van der Waals surface area contributed by atoms with Crippen molar-refractivity contribution in [1.82, 2.24) is 10.2 Å². The number of amides is 1. The lowest BCUT2D eigenvalue weighted by molar-refractivity contribution is -0.122. The van der Waals surface area contributed by atoms with Gasteiger partial charge in [-0.1, -0.05) is 32.1 Å². The van der Waals surface area contributed by atoms with Crippen LogP contribution < -0.4 is 11.1 Å². The third-order valence-corrected chi connectivity index (χ3v) is 5.76. The third kappa shape index (κ3) is 6.41. The number of rotatable bonds is 5. The van der Waals surface area contributed by atoms with E-state index in [0.29, 0.717) is 12.3 Å². The van der Waals surface area contributed by atoms with Gasteiger partial charge in [0.15, 0.2) is 0 Å². The minimum atomic E-state index is 0. The molecule has 23 heavy (non-hydrogen) atoms. The van der Waals surface area contributed by atoms with E-state index in [4.69, 9.17) is 5.73 Å². The van der Waals surface area contributed by atoms with E-state index in [1.54, 1.807) is 0 Å². The normalized spacial score (nSPS) is 26.8. The average Bonchev–Trinajstić information content (AvgIpc) is 2.72. The van der Waals surface area contributed by atoms with Crippen LogP contribution in [0.4, 0.5) is 0 Å². The van der Waals surface area contributed by atoms with E-state index >= 15 is 0 Å². The van der Waals surface area contributed by atoms with E-state index in [1.807, 2.05) is 0 Å². The molecule has 0 bridgehead atoms. The first-order valence-corrected chi connectivity index (χ1v) is 8.73.